The van der Waals surface area contributed by atoms with E-state index in [-0.39, 0.29) is 19.7 Å². The Balaban J connectivity index is 3.98. The molecule has 0 saturated heterocycles. The number of allylic oxidation sites excluding steroid dienone is 2. The molecule has 1 aliphatic carbocycles. The summed E-state index contributed by atoms with van der Waals surface area (Å²) in [6, 6.07) is 0.934. The van der Waals surface area contributed by atoms with Crippen LogP contribution in [-0.2, 0) is 9.53 Å². The molecule has 1 rings (SSSR count). The van der Waals surface area contributed by atoms with E-state index in [9.17, 15) is 31.1 Å². The first kappa shape index (κ1) is 22.7. The number of halogens is 6. The molecular weight excluding hydrogens is 380 g/mol. The number of alkyl halides is 6. The van der Waals surface area contributed by atoms with Gasteiger partial charge < -0.3 is 15.4 Å². The van der Waals surface area contributed by atoms with Crippen molar-refractivity contribution in [1.82, 2.24) is 4.90 Å². The number of hydrogen-bond donors (Lipinski definition) is 1. The first-order valence-electron chi connectivity index (χ1n) is 8.03. The van der Waals surface area contributed by atoms with Crippen LogP contribution >= 0.6 is 0 Å². The second kappa shape index (κ2) is 7.70. The lowest BCUT2D eigenvalue weighted by Crippen LogP contribution is -2.55. The van der Waals surface area contributed by atoms with Crippen LogP contribution in [0.2, 0.25) is 0 Å². The molecule has 0 fully saturated rings. The maximum absolute atomic E-state index is 13.7. The van der Waals surface area contributed by atoms with E-state index >= 15 is 0 Å². The topological polar surface area (TPSA) is 79.3 Å². The van der Waals surface area contributed by atoms with E-state index < -0.39 is 52.7 Å². The zero-order chi connectivity index (χ0) is 21.2. The summed E-state index contributed by atoms with van der Waals surface area (Å²) in [5.41, 5.74) is -3.07. The van der Waals surface area contributed by atoms with Crippen LogP contribution in [0.15, 0.2) is 22.5 Å². The molecule has 0 radical (unpaired) electrons. The average Bonchev–Trinajstić information content (AvgIpc) is 2.53. The second-order valence-electron chi connectivity index (χ2n) is 5.69. The fourth-order valence-corrected chi connectivity index (χ4v) is 3.04. The normalized spacial score (nSPS) is 17.6. The summed E-state index contributed by atoms with van der Waals surface area (Å²) in [4.78, 5) is 13.4. The third-order valence-corrected chi connectivity index (χ3v) is 4.39. The van der Waals surface area contributed by atoms with E-state index in [4.69, 9.17) is 15.7 Å². The number of nitrogens with two attached hydrogens (primary N) is 1. The minimum atomic E-state index is -5.86. The van der Waals surface area contributed by atoms with Gasteiger partial charge in [0.25, 0.3) is 0 Å². The lowest BCUT2D eigenvalue weighted by atomic mass is 9.69. The smallest absolute Gasteiger partial charge is 0.408 e. The van der Waals surface area contributed by atoms with Crippen molar-refractivity contribution in [2.45, 2.75) is 39.5 Å². The van der Waals surface area contributed by atoms with Gasteiger partial charge in [0.05, 0.1) is 23.9 Å². The lowest BCUT2D eigenvalue weighted by molar-refractivity contribution is -0.325. The first-order valence-corrected chi connectivity index (χ1v) is 8.03. The maximum atomic E-state index is 13.7. The summed E-state index contributed by atoms with van der Waals surface area (Å²) in [7, 11) is 0. The highest BCUT2D eigenvalue weighted by molar-refractivity contribution is 5.95. The van der Waals surface area contributed by atoms with Crippen molar-refractivity contribution < 1.29 is 35.9 Å². The second-order valence-corrected chi connectivity index (χ2v) is 5.69. The zero-order valence-electron chi connectivity index (χ0n) is 14.9. The van der Waals surface area contributed by atoms with Gasteiger partial charge in [-0.1, -0.05) is 0 Å². The summed E-state index contributed by atoms with van der Waals surface area (Å²) in [5.74, 6) is -1.18. The van der Waals surface area contributed by atoms with Gasteiger partial charge >= 0.3 is 18.3 Å². The van der Waals surface area contributed by atoms with E-state index in [0.717, 1.165) is 6.07 Å². The summed E-state index contributed by atoms with van der Waals surface area (Å²) in [6.07, 6.45) is -13.4. The molecule has 0 atom stereocenters. The van der Waals surface area contributed by atoms with Crippen LogP contribution in [0.5, 0.6) is 0 Å². The van der Waals surface area contributed by atoms with Gasteiger partial charge in [-0.3, -0.25) is 0 Å². The van der Waals surface area contributed by atoms with Gasteiger partial charge in [0.1, 0.15) is 5.57 Å². The molecule has 0 unspecified atom stereocenters. The van der Waals surface area contributed by atoms with Gasteiger partial charge in [0, 0.05) is 25.2 Å². The molecule has 1 aliphatic rings. The molecule has 5 nitrogen and oxygen atoms in total. The van der Waals surface area contributed by atoms with Crippen LogP contribution in [0.4, 0.5) is 26.3 Å². The Morgan fingerprint density at radius 2 is 1.67 bits per heavy atom. The molecule has 0 amide bonds. The van der Waals surface area contributed by atoms with Crippen LogP contribution in [0.25, 0.3) is 0 Å². The Morgan fingerprint density at radius 1 is 1.19 bits per heavy atom. The molecule has 0 aromatic carbocycles. The SMILES string of the molecule is CCOC(=O)C1=C(N(CC)CC)CC(C(F)(F)F)(C(F)(F)F)C(C#N)=C1N. The zero-order valence-corrected chi connectivity index (χ0v) is 14.9. The predicted octanol–water partition coefficient (Wildman–Crippen LogP) is 3.40. The molecule has 0 aliphatic heterocycles. The molecule has 0 bridgehead atoms. The Hall–Kier alpha value is -2.38. The van der Waals surface area contributed by atoms with Crippen LogP contribution in [0.3, 0.4) is 0 Å². The molecule has 2 N–H and O–H groups in total. The van der Waals surface area contributed by atoms with E-state index in [1.807, 2.05) is 0 Å². The average molecular weight is 399 g/mol. The van der Waals surface area contributed by atoms with Gasteiger partial charge in [-0.15, -0.1) is 0 Å². The number of carbonyl (C=O) groups excluding carboxylic acids is 1. The molecule has 11 heteroatoms. The summed E-state index contributed by atoms with van der Waals surface area (Å²) in [6.45, 7) is 4.29. The minimum Gasteiger partial charge on any atom is -0.462 e. The van der Waals surface area contributed by atoms with Crippen molar-refractivity contribution in [3.63, 3.8) is 0 Å². The number of nitrogens with zero attached hydrogens (tertiary/aromatic N) is 2. The van der Waals surface area contributed by atoms with E-state index in [2.05, 4.69) is 0 Å². The van der Waals surface area contributed by atoms with Gasteiger partial charge in [0.2, 0.25) is 5.41 Å². The first-order chi connectivity index (χ1) is 12.3. The highest BCUT2D eigenvalue weighted by atomic mass is 19.4. The van der Waals surface area contributed by atoms with E-state index in [1.54, 1.807) is 0 Å². The monoisotopic (exact) mass is 399 g/mol. The molecule has 0 heterocycles. The molecule has 0 aromatic heterocycles. The van der Waals surface area contributed by atoms with Crippen molar-refractivity contribution in [2.75, 3.05) is 19.7 Å². The fourth-order valence-electron chi connectivity index (χ4n) is 3.04. The summed E-state index contributed by atoms with van der Waals surface area (Å²) >= 11 is 0. The molecule has 0 aromatic rings. The quantitative estimate of drug-likeness (QED) is 0.566. The standard InChI is InChI=1S/C16H19F6N3O2/c1-4-25(5-2)10-7-14(15(17,18)19,16(20,21)22)9(8-23)12(24)11(10)13(26)27-6-3/h4-7,24H2,1-3H3. The molecular formula is C16H19F6N3O2. The van der Waals surface area contributed by atoms with Crippen molar-refractivity contribution >= 4 is 5.97 Å². The Kier molecular flexibility index (Phi) is 6.46. The third kappa shape index (κ3) is 3.57. The Morgan fingerprint density at radius 3 is 2.00 bits per heavy atom. The van der Waals surface area contributed by atoms with Gasteiger partial charge in [0.15, 0.2) is 0 Å². The van der Waals surface area contributed by atoms with Crippen LogP contribution in [0.1, 0.15) is 27.2 Å². The van der Waals surface area contributed by atoms with Crippen molar-refractivity contribution in [2.24, 2.45) is 11.1 Å². The van der Waals surface area contributed by atoms with Gasteiger partial charge in [-0.2, -0.15) is 31.6 Å². The number of ether oxygens (including phenoxy) is 1. The predicted molar refractivity (Wildman–Crippen MR) is 82.6 cm³/mol. The minimum absolute atomic E-state index is 0.0235. The summed E-state index contributed by atoms with van der Waals surface area (Å²) in [5, 5.41) is 9.12. The molecule has 152 valence electrons. The number of esters is 1. The number of rotatable bonds is 5. The van der Waals surface area contributed by atoms with Crippen molar-refractivity contribution in [1.29, 1.82) is 5.26 Å². The van der Waals surface area contributed by atoms with Crippen LogP contribution in [-0.4, -0.2) is 42.9 Å². The van der Waals surface area contributed by atoms with Gasteiger partial charge in [-0.25, -0.2) is 4.79 Å². The highest BCUT2D eigenvalue weighted by Gasteiger charge is 2.74. The number of hydrogen-bond acceptors (Lipinski definition) is 5. The maximum Gasteiger partial charge on any atom is 0.408 e. The van der Waals surface area contributed by atoms with Gasteiger partial charge in [-0.05, 0) is 20.8 Å². The van der Waals surface area contributed by atoms with Crippen LogP contribution in [0, 0.1) is 16.7 Å². The Bertz CT molecular complexity index is 682. The van der Waals surface area contributed by atoms with Crippen LogP contribution < -0.4 is 5.73 Å². The Labute approximate surface area is 152 Å². The molecule has 0 spiro atoms. The number of nitriles is 1. The number of carbonyl (C=O) groups is 1. The lowest BCUT2D eigenvalue weighted by Gasteiger charge is -2.43. The third-order valence-electron chi connectivity index (χ3n) is 4.39. The van der Waals surface area contributed by atoms with Crippen molar-refractivity contribution in [3.8, 4) is 6.07 Å². The molecule has 27 heavy (non-hydrogen) atoms. The fraction of sp³-hybridized carbons (Fsp3) is 0.625. The van der Waals surface area contributed by atoms with E-state index in [0.29, 0.717) is 0 Å². The largest absolute Gasteiger partial charge is 0.462 e. The van der Waals surface area contributed by atoms with E-state index in [1.165, 1.54) is 25.7 Å². The highest BCUT2D eigenvalue weighted by Crippen LogP contribution is 2.61. The van der Waals surface area contributed by atoms with Crippen molar-refractivity contribution in [3.05, 3.63) is 22.5 Å². The summed E-state index contributed by atoms with van der Waals surface area (Å²) < 4.78 is 87.0. The molecule has 0 saturated carbocycles.